The Labute approximate surface area is 91.4 Å². The van der Waals surface area contributed by atoms with Crippen molar-refractivity contribution in [2.24, 2.45) is 0 Å². The summed E-state index contributed by atoms with van der Waals surface area (Å²) in [5, 5.41) is 0.338. The topological polar surface area (TPSA) is 12.5 Å². The quantitative estimate of drug-likeness (QED) is 0.501. The van der Waals surface area contributed by atoms with Gasteiger partial charge in [-0.2, -0.15) is 0 Å². The van der Waals surface area contributed by atoms with Gasteiger partial charge in [0.25, 0.3) is 0 Å². The average Bonchev–Trinajstić information content (AvgIpc) is 2.14. The minimum atomic E-state index is 0.338. The fraction of sp³-hybridized carbons (Fsp3) is 1.00. The molecule has 0 saturated carbocycles. The van der Waals surface area contributed by atoms with Crippen LogP contribution >= 0.6 is 0 Å². The van der Waals surface area contributed by atoms with Crippen LogP contribution in [0, 0.1) is 0 Å². The van der Waals surface area contributed by atoms with Gasteiger partial charge in [-0.05, 0) is 59.2 Å². The SMILES string of the molecule is CN(C)CCCCC1([SiH3])CCCCO1. The van der Waals surface area contributed by atoms with E-state index in [1.807, 2.05) is 0 Å². The van der Waals surface area contributed by atoms with Gasteiger partial charge >= 0.3 is 0 Å². The predicted molar refractivity (Wildman–Crippen MR) is 64.9 cm³/mol. The predicted octanol–water partition coefficient (Wildman–Crippen LogP) is 0.981. The van der Waals surface area contributed by atoms with Crippen LogP contribution in [0.4, 0.5) is 0 Å². The van der Waals surface area contributed by atoms with Gasteiger partial charge in [-0.15, -0.1) is 0 Å². The van der Waals surface area contributed by atoms with Crippen molar-refractivity contribution in [1.82, 2.24) is 4.90 Å². The van der Waals surface area contributed by atoms with Gasteiger partial charge in [0.1, 0.15) is 0 Å². The van der Waals surface area contributed by atoms with Crippen molar-refractivity contribution in [3.63, 3.8) is 0 Å². The molecule has 0 aromatic carbocycles. The molecule has 1 unspecified atom stereocenters. The summed E-state index contributed by atoms with van der Waals surface area (Å²) in [6.07, 6.45) is 7.94. The third-order valence-corrected chi connectivity index (χ3v) is 4.40. The van der Waals surface area contributed by atoms with E-state index in [-0.39, 0.29) is 0 Å². The molecule has 0 aliphatic carbocycles. The van der Waals surface area contributed by atoms with Gasteiger partial charge in [-0.1, -0.05) is 0 Å². The maximum Gasteiger partial charge on any atom is 0.0486 e. The molecular formula is C11H25NOSi. The molecule has 0 aromatic heterocycles. The zero-order valence-corrected chi connectivity index (χ0v) is 12.0. The zero-order chi connectivity index (χ0) is 10.4. The molecule has 0 N–H and O–H groups in total. The van der Waals surface area contributed by atoms with Crippen molar-refractivity contribution in [2.75, 3.05) is 27.2 Å². The average molecular weight is 215 g/mol. The van der Waals surface area contributed by atoms with Gasteiger partial charge in [0, 0.05) is 22.1 Å². The summed E-state index contributed by atoms with van der Waals surface area (Å²) in [5.41, 5.74) is 0. The second-order valence-electron chi connectivity index (χ2n) is 5.02. The summed E-state index contributed by atoms with van der Waals surface area (Å²) in [6.45, 7) is 2.23. The van der Waals surface area contributed by atoms with Gasteiger partial charge in [0.05, 0.1) is 0 Å². The lowest BCUT2D eigenvalue weighted by molar-refractivity contribution is -0.0241. The van der Waals surface area contributed by atoms with Crippen LogP contribution in [-0.4, -0.2) is 47.6 Å². The van der Waals surface area contributed by atoms with Crippen LogP contribution in [0.2, 0.25) is 0 Å². The summed E-state index contributed by atoms with van der Waals surface area (Å²) < 4.78 is 5.92. The molecular weight excluding hydrogens is 190 g/mol. The Bertz CT molecular complexity index is 155. The van der Waals surface area contributed by atoms with Crippen LogP contribution in [0.1, 0.15) is 38.5 Å². The Morgan fingerprint density at radius 2 is 2.07 bits per heavy atom. The molecule has 1 aliphatic heterocycles. The van der Waals surface area contributed by atoms with Crippen LogP contribution in [0.5, 0.6) is 0 Å². The zero-order valence-electron chi connectivity index (χ0n) is 10.0. The molecule has 1 fully saturated rings. The van der Waals surface area contributed by atoms with Crippen LogP contribution < -0.4 is 0 Å². The summed E-state index contributed by atoms with van der Waals surface area (Å²) in [5.74, 6) is 0. The van der Waals surface area contributed by atoms with E-state index in [1.165, 1.54) is 55.3 Å². The highest BCUT2D eigenvalue weighted by atomic mass is 28.1. The van der Waals surface area contributed by atoms with Crippen molar-refractivity contribution in [3.8, 4) is 0 Å². The highest BCUT2D eigenvalue weighted by molar-refractivity contribution is 6.14. The molecule has 84 valence electrons. The van der Waals surface area contributed by atoms with E-state index in [9.17, 15) is 0 Å². The maximum atomic E-state index is 5.92. The Hall–Kier alpha value is 0.137. The molecule has 0 spiro atoms. The maximum absolute atomic E-state index is 5.92. The normalized spacial score (nSPS) is 28.5. The second kappa shape index (κ2) is 5.88. The van der Waals surface area contributed by atoms with Crippen molar-refractivity contribution in [3.05, 3.63) is 0 Å². The van der Waals surface area contributed by atoms with Gasteiger partial charge in [0.15, 0.2) is 0 Å². The second-order valence-corrected chi connectivity index (χ2v) is 6.84. The first-order valence-corrected chi connectivity index (χ1v) is 6.91. The smallest absolute Gasteiger partial charge is 0.0486 e. The molecule has 1 heterocycles. The highest BCUT2D eigenvalue weighted by Crippen LogP contribution is 2.26. The lowest BCUT2D eigenvalue weighted by Crippen LogP contribution is -2.36. The van der Waals surface area contributed by atoms with E-state index in [0.717, 1.165) is 6.61 Å². The number of hydrogen-bond acceptors (Lipinski definition) is 2. The number of ether oxygens (including phenoxy) is 1. The molecule has 14 heavy (non-hydrogen) atoms. The van der Waals surface area contributed by atoms with E-state index in [0.29, 0.717) is 5.22 Å². The van der Waals surface area contributed by atoms with Crippen molar-refractivity contribution in [2.45, 2.75) is 43.7 Å². The molecule has 1 rings (SSSR count). The summed E-state index contributed by atoms with van der Waals surface area (Å²) >= 11 is 0. The van der Waals surface area contributed by atoms with Crippen molar-refractivity contribution < 1.29 is 4.74 Å². The number of hydrogen-bond donors (Lipinski definition) is 0. The fourth-order valence-electron chi connectivity index (χ4n) is 2.12. The van der Waals surface area contributed by atoms with E-state index in [1.54, 1.807) is 0 Å². The van der Waals surface area contributed by atoms with Gasteiger partial charge in [0.2, 0.25) is 0 Å². The molecule has 3 heteroatoms. The van der Waals surface area contributed by atoms with Crippen molar-refractivity contribution >= 4 is 10.2 Å². The van der Waals surface area contributed by atoms with Gasteiger partial charge in [-0.25, -0.2) is 0 Å². The number of nitrogens with zero attached hydrogens (tertiary/aromatic N) is 1. The molecule has 0 bridgehead atoms. The molecule has 1 atom stereocenters. The Morgan fingerprint density at radius 1 is 1.29 bits per heavy atom. The standard InChI is InChI=1S/C11H25NOSi/c1-12(2)9-5-3-7-11(14)8-4-6-10-13-11/h3-10H2,1-2,14H3. The third-order valence-electron chi connectivity index (χ3n) is 3.11. The Kier molecular flexibility index (Phi) is 5.13. The Morgan fingerprint density at radius 3 is 2.64 bits per heavy atom. The van der Waals surface area contributed by atoms with E-state index in [2.05, 4.69) is 19.0 Å². The van der Waals surface area contributed by atoms with Crippen LogP contribution in [0.3, 0.4) is 0 Å². The molecule has 1 saturated heterocycles. The summed E-state index contributed by atoms with van der Waals surface area (Å²) in [4.78, 5) is 2.27. The van der Waals surface area contributed by atoms with Crippen LogP contribution in [0.15, 0.2) is 0 Å². The number of unbranched alkanes of at least 4 members (excludes halogenated alkanes) is 1. The van der Waals surface area contributed by atoms with Gasteiger partial charge in [-0.3, -0.25) is 0 Å². The lowest BCUT2D eigenvalue weighted by Gasteiger charge is -2.34. The first-order chi connectivity index (χ1) is 6.62. The molecule has 0 radical (unpaired) electrons. The fourth-order valence-corrected chi connectivity index (χ4v) is 3.03. The third kappa shape index (κ3) is 4.58. The molecule has 1 aliphatic rings. The first-order valence-electron chi connectivity index (χ1n) is 5.91. The first kappa shape index (κ1) is 12.2. The van der Waals surface area contributed by atoms with E-state index < -0.39 is 0 Å². The molecule has 2 nitrogen and oxygen atoms in total. The molecule has 0 amide bonds. The molecule has 0 aromatic rings. The monoisotopic (exact) mass is 215 g/mol. The lowest BCUT2D eigenvalue weighted by atomic mass is 10.0. The summed E-state index contributed by atoms with van der Waals surface area (Å²) in [7, 11) is 5.50. The summed E-state index contributed by atoms with van der Waals surface area (Å²) in [6, 6.07) is 0. The van der Waals surface area contributed by atoms with Gasteiger partial charge < -0.3 is 9.64 Å². The minimum Gasteiger partial charge on any atom is -0.380 e. The number of rotatable bonds is 5. The van der Waals surface area contributed by atoms with Crippen LogP contribution in [-0.2, 0) is 4.74 Å². The highest BCUT2D eigenvalue weighted by Gasteiger charge is 2.26. The largest absolute Gasteiger partial charge is 0.380 e. The minimum absolute atomic E-state index is 0.338. The van der Waals surface area contributed by atoms with Crippen LogP contribution in [0.25, 0.3) is 0 Å². The Balaban J connectivity index is 2.09. The van der Waals surface area contributed by atoms with E-state index >= 15 is 0 Å². The van der Waals surface area contributed by atoms with Crippen molar-refractivity contribution in [1.29, 1.82) is 0 Å². The van der Waals surface area contributed by atoms with E-state index in [4.69, 9.17) is 4.74 Å².